The lowest BCUT2D eigenvalue weighted by atomic mass is 10.1. The van der Waals surface area contributed by atoms with Crippen LogP contribution >= 0.6 is 0 Å². The molecule has 11 heteroatoms. The molecule has 0 amide bonds. The number of pyridine rings is 1. The number of halogens is 2. The third-order valence-electron chi connectivity index (χ3n) is 4.84. The Bertz CT molecular complexity index is 1050. The number of hydrogen-bond donors (Lipinski definition) is 4. The van der Waals surface area contributed by atoms with Crippen molar-refractivity contribution in [3.05, 3.63) is 39.7 Å². The number of nitrogens with zero attached hydrogens (tertiary/aromatic N) is 2. The first-order chi connectivity index (χ1) is 14.5. The summed E-state index contributed by atoms with van der Waals surface area (Å²) in [5.41, 5.74) is -1.63. The van der Waals surface area contributed by atoms with Gasteiger partial charge in [-0.2, -0.15) is 0 Å². The Labute approximate surface area is 176 Å². The van der Waals surface area contributed by atoms with E-state index in [9.17, 15) is 18.8 Å². The zero-order valence-electron chi connectivity index (χ0n) is 17.4. The van der Waals surface area contributed by atoms with Gasteiger partial charge < -0.3 is 30.1 Å². The molecular formula is C20H25F2N3O6. The lowest BCUT2D eigenvalue weighted by Gasteiger charge is -2.34. The molecule has 0 spiro atoms. The predicted molar refractivity (Wildman–Crippen MR) is 110 cm³/mol. The van der Waals surface area contributed by atoms with E-state index in [4.69, 9.17) is 15.3 Å². The maximum Gasteiger partial charge on any atom is 0.341 e. The molecule has 2 aromatic rings. The molecule has 4 N–H and O–H groups in total. The molecule has 0 bridgehead atoms. The van der Waals surface area contributed by atoms with Crippen molar-refractivity contribution in [3.63, 3.8) is 0 Å². The molecule has 1 aliphatic heterocycles. The van der Waals surface area contributed by atoms with Crippen LogP contribution in [0.15, 0.2) is 17.1 Å². The number of fused-ring (bicyclic) bond motifs is 1. The van der Waals surface area contributed by atoms with E-state index in [1.54, 1.807) is 11.8 Å². The number of aliphatic carboxylic acids is 1. The van der Waals surface area contributed by atoms with Crippen molar-refractivity contribution in [1.82, 2.24) is 9.88 Å². The second-order valence-corrected chi connectivity index (χ2v) is 7.20. The molecule has 1 aromatic carbocycles. The SMILES string of the molecule is CC(O)C(=O)O.CCn1cc(C(=O)O)c(=O)c2cc(F)c(N3CCNC(C)C3)c(F)c21. The van der Waals surface area contributed by atoms with E-state index in [1.165, 1.54) is 11.5 Å². The number of aliphatic hydroxyl groups excluding tert-OH is 1. The van der Waals surface area contributed by atoms with Gasteiger partial charge in [0.05, 0.1) is 10.9 Å². The van der Waals surface area contributed by atoms with Crippen molar-refractivity contribution >= 4 is 28.5 Å². The molecule has 0 saturated carbocycles. The van der Waals surface area contributed by atoms with Crippen LogP contribution in [0.25, 0.3) is 10.9 Å². The molecule has 1 saturated heterocycles. The van der Waals surface area contributed by atoms with Crippen LogP contribution < -0.4 is 15.6 Å². The fourth-order valence-corrected chi connectivity index (χ4v) is 3.30. The summed E-state index contributed by atoms with van der Waals surface area (Å²) in [6.07, 6.45) is -0.122. The number of aryl methyl sites for hydroxylation is 1. The molecule has 170 valence electrons. The van der Waals surface area contributed by atoms with Gasteiger partial charge in [-0.15, -0.1) is 0 Å². The van der Waals surface area contributed by atoms with Gasteiger partial charge in [-0.3, -0.25) is 4.79 Å². The second kappa shape index (κ2) is 9.84. The summed E-state index contributed by atoms with van der Waals surface area (Å²) >= 11 is 0. The van der Waals surface area contributed by atoms with E-state index in [-0.39, 0.29) is 29.2 Å². The fraction of sp³-hybridized carbons (Fsp3) is 0.450. The molecule has 9 nitrogen and oxygen atoms in total. The smallest absolute Gasteiger partial charge is 0.341 e. The van der Waals surface area contributed by atoms with Crippen molar-refractivity contribution in [2.75, 3.05) is 24.5 Å². The lowest BCUT2D eigenvalue weighted by molar-refractivity contribution is -0.145. The summed E-state index contributed by atoms with van der Waals surface area (Å²) in [6.45, 7) is 6.53. The zero-order valence-corrected chi connectivity index (χ0v) is 17.4. The molecule has 2 unspecified atom stereocenters. The van der Waals surface area contributed by atoms with E-state index in [2.05, 4.69) is 5.32 Å². The molecule has 1 fully saturated rings. The highest BCUT2D eigenvalue weighted by Crippen LogP contribution is 2.30. The molecular weight excluding hydrogens is 416 g/mol. The van der Waals surface area contributed by atoms with E-state index >= 15 is 4.39 Å². The van der Waals surface area contributed by atoms with E-state index in [1.807, 2.05) is 6.92 Å². The number of anilines is 1. The van der Waals surface area contributed by atoms with E-state index < -0.39 is 40.7 Å². The summed E-state index contributed by atoms with van der Waals surface area (Å²) < 4.78 is 31.2. The number of carboxylic acids is 2. The minimum absolute atomic E-state index is 0.0694. The Morgan fingerprint density at radius 3 is 2.42 bits per heavy atom. The average Bonchev–Trinajstić information content (AvgIpc) is 2.69. The number of piperazine rings is 1. The second-order valence-electron chi connectivity index (χ2n) is 7.20. The van der Waals surface area contributed by atoms with Crippen LogP contribution in [0.3, 0.4) is 0 Å². The molecule has 1 aromatic heterocycles. The Kier molecular flexibility index (Phi) is 7.69. The third kappa shape index (κ3) is 5.17. The van der Waals surface area contributed by atoms with Gasteiger partial charge in [0.25, 0.3) is 0 Å². The van der Waals surface area contributed by atoms with Crippen molar-refractivity contribution in [1.29, 1.82) is 0 Å². The number of nitrogens with one attached hydrogen (secondary N) is 1. The molecule has 2 heterocycles. The standard InChI is InChI=1S/C17H19F2N3O3.C3H6O3/c1-3-21-8-11(17(24)25)16(23)10-6-12(18)15(13(19)14(10)21)22-5-4-20-9(2)7-22;1-2(4)3(5)6/h6,8-9,20H,3-5,7H2,1-2H3,(H,24,25);2,4H,1H3,(H,5,6). The van der Waals surface area contributed by atoms with Gasteiger partial charge in [-0.25, -0.2) is 18.4 Å². The number of carbonyl (C=O) groups is 2. The largest absolute Gasteiger partial charge is 0.479 e. The Hall–Kier alpha value is -3.05. The van der Waals surface area contributed by atoms with Gasteiger partial charge in [0.1, 0.15) is 23.2 Å². The van der Waals surface area contributed by atoms with Gasteiger partial charge in [0.15, 0.2) is 5.82 Å². The normalized spacial score (nSPS) is 17.1. The summed E-state index contributed by atoms with van der Waals surface area (Å²) in [5.74, 6) is -4.30. The summed E-state index contributed by atoms with van der Waals surface area (Å²) in [4.78, 5) is 34.6. The molecule has 0 aliphatic carbocycles. The van der Waals surface area contributed by atoms with E-state index in [0.29, 0.717) is 19.6 Å². The predicted octanol–water partition coefficient (Wildman–Crippen LogP) is 1.25. The topological polar surface area (TPSA) is 132 Å². The number of hydrogen-bond acceptors (Lipinski definition) is 6. The molecule has 2 atom stereocenters. The maximum atomic E-state index is 15.2. The molecule has 31 heavy (non-hydrogen) atoms. The van der Waals surface area contributed by atoms with Gasteiger partial charge in [-0.1, -0.05) is 0 Å². The lowest BCUT2D eigenvalue weighted by Crippen LogP contribution is -2.49. The summed E-state index contributed by atoms with van der Waals surface area (Å²) in [6, 6.07) is 1.02. The van der Waals surface area contributed by atoms with Crippen LogP contribution in [0.2, 0.25) is 0 Å². The molecule has 0 radical (unpaired) electrons. The number of aromatic carboxylic acids is 1. The number of benzene rings is 1. The first-order valence-corrected chi connectivity index (χ1v) is 9.67. The van der Waals surface area contributed by atoms with Crippen molar-refractivity contribution in [2.24, 2.45) is 0 Å². The van der Waals surface area contributed by atoms with Crippen LogP contribution in [0, 0.1) is 11.6 Å². The Morgan fingerprint density at radius 2 is 1.94 bits per heavy atom. The molecule has 1 aliphatic rings. The van der Waals surface area contributed by atoms with Crippen LogP contribution in [-0.4, -0.2) is 63.6 Å². The van der Waals surface area contributed by atoms with Crippen LogP contribution in [-0.2, 0) is 11.3 Å². The van der Waals surface area contributed by atoms with Crippen molar-refractivity contribution in [2.45, 2.75) is 39.5 Å². The Morgan fingerprint density at radius 1 is 1.32 bits per heavy atom. The van der Waals surface area contributed by atoms with Crippen molar-refractivity contribution in [3.8, 4) is 0 Å². The third-order valence-corrected chi connectivity index (χ3v) is 4.84. The first-order valence-electron chi connectivity index (χ1n) is 9.67. The van der Waals surface area contributed by atoms with Gasteiger partial charge in [0, 0.05) is 38.4 Å². The van der Waals surface area contributed by atoms with Crippen LogP contribution in [0.4, 0.5) is 14.5 Å². The number of aliphatic hydroxyl groups is 1. The summed E-state index contributed by atoms with van der Waals surface area (Å²) in [7, 11) is 0. The number of carboxylic acid groups (broad SMARTS) is 2. The number of rotatable bonds is 4. The summed E-state index contributed by atoms with van der Waals surface area (Å²) in [5, 5.41) is 27.9. The van der Waals surface area contributed by atoms with Gasteiger partial charge in [0.2, 0.25) is 5.43 Å². The number of aromatic nitrogens is 1. The quantitative estimate of drug-likeness (QED) is 0.557. The average molecular weight is 441 g/mol. The Balaban J connectivity index is 0.000000501. The van der Waals surface area contributed by atoms with E-state index in [0.717, 1.165) is 12.3 Å². The van der Waals surface area contributed by atoms with Gasteiger partial charge in [-0.05, 0) is 26.8 Å². The minimum atomic E-state index is -1.42. The highest BCUT2D eigenvalue weighted by molar-refractivity contribution is 5.93. The maximum absolute atomic E-state index is 15.2. The fourth-order valence-electron chi connectivity index (χ4n) is 3.30. The van der Waals surface area contributed by atoms with Crippen molar-refractivity contribution < 1.29 is 33.7 Å². The van der Waals surface area contributed by atoms with Gasteiger partial charge >= 0.3 is 11.9 Å². The highest BCUT2D eigenvalue weighted by atomic mass is 19.1. The minimum Gasteiger partial charge on any atom is -0.479 e. The monoisotopic (exact) mass is 441 g/mol. The van der Waals surface area contributed by atoms with Crippen LogP contribution in [0.1, 0.15) is 31.1 Å². The highest BCUT2D eigenvalue weighted by Gasteiger charge is 2.26. The molecule has 3 rings (SSSR count). The first kappa shape index (κ1) is 24.2. The van der Waals surface area contributed by atoms with Crippen LogP contribution in [0.5, 0.6) is 0 Å². The zero-order chi connectivity index (χ0) is 23.5.